The van der Waals surface area contributed by atoms with E-state index in [9.17, 15) is 0 Å². The summed E-state index contributed by atoms with van der Waals surface area (Å²) in [4.78, 5) is 2.67. The molecule has 0 radical (unpaired) electrons. The van der Waals surface area contributed by atoms with Crippen molar-refractivity contribution in [3.05, 3.63) is 52.1 Å². The zero-order valence-corrected chi connectivity index (χ0v) is 13.6. The van der Waals surface area contributed by atoms with Gasteiger partial charge in [-0.25, -0.2) is 0 Å². The van der Waals surface area contributed by atoms with Crippen LogP contribution >= 0.6 is 0 Å². The molecule has 0 aromatic rings. The molecular weight excluding hydrogens is 264 g/mol. The van der Waals surface area contributed by atoms with Crippen LogP contribution in [-0.2, 0) is 4.74 Å². The minimum atomic E-state index is -0.392. The summed E-state index contributed by atoms with van der Waals surface area (Å²) >= 11 is 0. The fraction of sp³-hybridized carbons (Fsp3) is 0.529. The van der Waals surface area contributed by atoms with E-state index in [4.69, 9.17) is 15.2 Å². The van der Waals surface area contributed by atoms with E-state index in [2.05, 4.69) is 37.9 Å². The van der Waals surface area contributed by atoms with Crippen LogP contribution in [0.15, 0.2) is 47.1 Å². The van der Waals surface area contributed by atoms with Crippen molar-refractivity contribution in [1.82, 2.24) is 0 Å². The van der Waals surface area contributed by atoms with Crippen molar-refractivity contribution in [2.24, 2.45) is 0 Å². The molecule has 0 aliphatic carbocycles. The fourth-order valence-corrected chi connectivity index (χ4v) is 1.69. The summed E-state index contributed by atoms with van der Waals surface area (Å²) in [5.41, 5.74) is 3.99. The Labute approximate surface area is 128 Å². The molecule has 0 saturated heterocycles. The molecule has 0 amide bonds. The van der Waals surface area contributed by atoms with Crippen LogP contribution in [-0.4, -0.2) is 11.7 Å². The molecule has 4 heteroatoms. The number of rotatable bonds is 9. The number of aliphatic hydroxyl groups is 1. The Balaban J connectivity index is 3.96. The van der Waals surface area contributed by atoms with E-state index in [1.165, 1.54) is 16.7 Å². The highest BCUT2D eigenvalue weighted by Gasteiger charge is 1.98. The maximum absolute atomic E-state index is 9.07. The van der Waals surface area contributed by atoms with Gasteiger partial charge in [-0.15, -0.1) is 0 Å². The van der Waals surface area contributed by atoms with E-state index in [1.54, 1.807) is 0 Å². The topological polar surface area (TPSA) is 57.6 Å². The zero-order chi connectivity index (χ0) is 16.1. The molecular formula is C17H27N2O2+. The predicted molar refractivity (Wildman–Crippen MR) is 87.2 cm³/mol. The molecule has 0 atom stereocenters. The minimum absolute atomic E-state index is 0.271. The highest BCUT2D eigenvalue weighted by Crippen LogP contribution is 2.11. The second-order valence-corrected chi connectivity index (χ2v) is 5.35. The molecule has 4 nitrogen and oxygen atoms in total. The normalized spacial score (nSPS) is 12.8. The van der Waals surface area contributed by atoms with E-state index in [0.29, 0.717) is 0 Å². The number of hydrogen-bond donors (Lipinski definition) is 1. The molecule has 0 fully saturated rings. The van der Waals surface area contributed by atoms with Crippen LogP contribution < -0.4 is 0 Å². The second-order valence-electron chi connectivity index (χ2n) is 5.35. The van der Waals surface area contributed by atoms with Crippen molar-refractivity contribution in [1.29, 1.82) is 5.39 Å². The number of diazo groups is 1. The lowest BCUT2D eigenvalue weighted by atomic mass is 10.1. The number of allylic oxidation sites excluding steroid dienone is 5. The lowest BCUT2D eigenvalue weighted by Gasteiger charge is -2.02. The zero-order valence-electron chi connectivity index (χ0n) is 13.6. The highest BCUT2D eigenvalue weighted by molar-refractivity contribution is 5.05. The number of ether oxygens (including phenoxy) is 1. The SMILES string of the molecule is CC(C)=CCC/C(C)=C/CC/C(C)=C/CO/C(O)=C/[N+]#N. The predicted octanol–water partition coefficient (Wildman–Crippen LogP) is 5.63. The smallest absolute Gasteiger partial charge is 0.429 e. The van der Waals surface area contributed by atoms with Gasteiger partial charge in [-0.1, -0.05) is 28.9 Å². The van der Waals surface area contributed by atoms with Gasteiger partial charge in [0.1, 0.15) is 6.61 Å². The summed E-state index contributed by atoms with van der Waals surface area (Å²) in [6.07, 6.45) is 11.5. The molecule has 0 heterocycles. The molecule has 21 heavy (non-hydrogen) atoms. The Morgan fingerprint density at radius 2 is 1.57 bits per heavy atom. The lowest BCUT2D eigenvalue weighted by Crippen LogP contribution is -1.91. The first kappa shape index (κ1) is 19.0. The lowest BCUT2D eigenvalue weighted by molar-refractivity contribution is 0.112. The fourth-order valence-electron chi connectivity index (χ4n) is 1.69. The molecule has 0 unspecified atom stereocenters. The Hall–Kier alpha value is -2.02. The van der Waals surface area contributed by atoms with E-state index in [-0.39, 0.29) is 6.61 Å². The van der Waals surface area contributed by atoms with Gasteiger partial charge in [-0.2, -0.15) is 0 Å². The van der Waals surface area contributed by atoms with Crippen LogP contribution in [0.3, 0.4) is 0 Å². The van der Waals surface area contributed by atoms with Crippen LogP contribution in [0.1, 0.15) is 53.4 Å². The second kappa shape index (κ2) is 11.8. The van der Waals surface area contributed by atoms with Crippen molar-refractivity contribution < 1.29 is 9.84 Å². The minimum Gasteiger partial charge on any atom is -0.476 e. The molecule has 0 aromatic heterocycles. The van der Waals surface area contributed by atoms with Crippen LogP contribution in [0.25, 0.3) is 4.98 Å². The largest absolute Gasteiger partial charge is 0.476 e. The molecule has 0 aliphatic rings. The molecule has 0 rings (SSSR count). The van der Waals surface area contributed by atoms with Crippen molar-refractivity contribution in [3.8, 4) is 0 Å². The Morgan fingerprint density at radius 1 is 1.00 bits per heavy atom. The third-order valence-corrected chi connectivity index (χ3v) is 2.95. The maximum atomic E-state index is 9.07. The number of nitrogens with zero attached hydrogens (tertiary/aromatic N) is 2. The summed E-state index contributed by atoms with van der Waals surface area (Å²) in [6.45, 7) is 8.72. The summed E-state index contributed by atoms with van der Waals surface area (Å²) in [6, 6.07) is 0. The van der Waals surface area contributed by atoms with Gasteiger partial charge in [0.25, 0.3) is 0 Å². The van der Waals surface area contributed by atoms with Crippen LogP contribution in [0, 0.1) is 5.39 Å². The number of hydrogen-bond acceptors (Lipinski definition) is 3. The molecule has 0 aromatic carbocycles. The van der Waals surface area contributed by atoms with E-state index in [0.717, 1.165) is 31.9 Å². The summed E-state index contributed by atoms with van der Waals surface area (Å²) < 4.78 is 4.92. The molecule has 0 spiro atoms. The van der Waals surface area contributed by atoms with Gasteiger partial charge in [0.15, 0.2) is 4.98 Å². The quantitative estimate of drug-likeness (QED) is 0.340. The molecule has 116 valence electrons. The molecule has 0 saturated carbocycles. The molecule has 1 N–H and O–H groups in total. The summed E-state index contributed by atoms with van der Waals surface area (Å²) in [7, 11) is 0. The first-order valence-electron chi connectivity index (χ1n) is 7.26. The van der Waals surface area contributed by atoms with Gasteiger partial charge in [0.05, 0.1) is 0 Å². The van der Waals surface area contributed by atoms with Crippen molar-refractivity contribution >= 4 is 0 Å². The van der Waals surface area contributed by atoms with E-state index >= 15 is 0 Å². The summed E-state index contributed by atoms with van der Waals surface area (Å²) in [5.74, 6) is -0.392. The van der Waals surface area contributed by atoms with Crippen LogP contribution in [0.5, 0.6) is 0 Å². The first-order valence-corrected chi connectivity index (χ1v) is 7.26. The van der Waals surface area contributed by atoms with E-state index in [1.807, 2.05) is 13.0 Å². The van der Waals surface area contributed by atoms with Gasteiger partial charge in [-0.3, -0.25) is 0 Å². The average Bonchev–Trinajstić information content (AvgIpc) is 2.38. The van der Waals surface area contributed by atoms with Gasteiger partial charge in [-0.05, 0) is 59.5 Å². The summed E-state index contributed by atoms with van der Waals surface area (Å²) in [5, 5.41) is 17.3. The first-order chi connectivity index (χ1) is 9.95. The third kappa shape index (κ3) is 12.7. The molecule has 0 bridgehead atoms. The van der Waals surface area contributed by atoms with Crippen molar-refractivity contribution in [2.75, 3.05) is 6.61 Å². The number of aliphatic hydroxyl groups excluding tert-OH is 1. The Kier molecular flexibility index (Phi) is 10.6. The molecule has 0 aliphatic heterocycles. The van der Waals surface area contributed by atoms with Crippen LogP contribution in [0.4, 0.5) is 0 Å². The standard InChI is InChI=1S/C17H26N2O2/c1-14(2)7-5-8-15(3)9-6-10-16(4)11-12-21-17(20)13-19-18/h7,9,11,13H,5-6,8,10,12H2,1-4H3/p+1/b15-9+,16-11+,17-13+. The Bertz CT molecular complexity index is 462. The van der Waals surface area contributed by atoms with Gasteiger partial charge in [0.2, 0.25) is 5.39 Å². The third-order valence-electron chi connectivity index (χ3n) is 2.95. The van der Waals surface area contributed by atoms with Gasteiger partial charge >= 0.3 is 12.1 Å². The average molecular weight is 291 g/mol. The van der Waals surface area contributed by atoms with Crippen molar-refractivity contribution in [3.63, 3.8) is 0 Å². The Morgan fingerprint density at radius 3 is 2.14 bits per heavy atom. The highest BCUT2D eigenvalue weighted by atomic mass is 16.6. The van der Waals surface area contributed by atoms with Gasteiger partial charge in [0, 0.05) is 0 Å². The maximum Gasteiger partial charge on any atom is 0.429 e. The van der Waals surface area contributed by atoms with Crippen LogP contribution in [0.2, 0.25) is 0 Å². The van der Waals surface area contributed by atoms with Gasteiger partial charge < -0.3 is 9.84 Å². The van der Waals surface area contributed by atoms with E-state index < -0.39 is 5.95 Å². The van der Waals surface area contributed by atoms with Crippen molar-refractivity contribution in [2.45, 2.75) is 53.4 Å². The monoisotopic (exact) mass is 291 g/mol.